The maximum atomic E-state index is 15.6. The van der Waals surface area contributed by atoms with Crippen molar-refractivity contribution in [2.24, 2.45) is 0 Å². The summed E-state index contributed by atoms with van der Waals surface area (Å²) in [6.07, 6.45) is 3.36. The average molecular weight is 568 g/mol. The van der Waals surface area contributed by atoms with E-state index in [1.165, 1.54) is 36.4 Å². The first-order valence-electron chi connectivity index (χ1n) is 13.3. The summed E-state index contributed by atoms with van der Waals surface area (Å²) in [5.41, 5.74) is 2.50. The Morgan fingerprint density at radius 1 is 0.641 bits per heavy atom. The Labute approximate surface area is 230 Å². The average Bonchev–Trinajstić information content (AvgIpc) is 3.39. The predicted octanol–water partition coefficient (Wildman–Crippen LogP) is 9.37. The fraction of sp³-hybridized carbons (Fsp3) is 0.250. The maximum Gasteiger partial charge on any atom is 0.135 e. The van der Waals surface area contributed by atoms with Crippen molar-refractivity contribution in [3.63, 3.8) is 0 Å². The molecule has 1 heterocycles. The first-order valence-corrected chi connectivity index (χ1v) is 16.1. The summed E-state index contributed by atoms with van der Waals surface area (Å²) in [6.45, 7) is 2.54. The molecule has 0 unspecified atom stereocenters. The van der Waals surface area contributed by atoms with Crippen LogP contribution in [0.4, 0.5) is 17.6 Å². The standard InChI is InChI=1S/C32H31F4NP2/c1-2-3-22-37(39(31-25(33)16-10-17-26(31)34)32-27(35)18-11-19-28(32)36)38-29(23-12-6-4-7-13-23)20-21-30(38)24-14-8-5-9-15-24/h4-19,29-30H,2-3,20-22H2,1H3/t29-,30-/m1/s1. The molecule has 0 radical (unpaired) electrons. The van der Waals surface area contributed by atoms with Gasteiger partial charge in [0, 0.05) is 25.9 Å². The van der Waals surface area contributed by atoms with Gasteiger partial charge < -0.3 is 0 Å². The van der Waals surface area contributed by atoms with E-state index in [1.54, 1.807) is 0 Å². The minimum absolute atomic E-state index is 0.0953. The molecule has 1 aliphatic heterocycles. The summed E-state index contributed by atoms with van der Waals surface area (Å²) in [5.74, 6) is -3.09. The van der Waals surface area contributed by atoms with Crippen molar-refractivity contribution in [3.05, 3.63) is 131 Å². The van der Waals surface area contributed by atoms with Crippen molar-refractivity contribution in [1.82, 2.24) is 4.44 Å². The Morgan fingerprint density at radius 2 is 1.05 bits per heavy atom. The van der Waals surface area contributed by atoms with Crippen LogP contribution in [0.5, 0.6) is 0 Å². The summed E-state index contributed by atoms with van der Waals surface area (Å²) in [7, 11) is -3.33. The van der Waals surface area contributed by atoms with E-state index >= 15 is 17.6 Å². The van der Waals surface area contributed by atoms with E-state index in [-0.39, 0.29) is 21.9 Å². The molecule has 39 heavy (non-hydrogen) atoms. The summed E-state index contributed by atoms with van der Waals surface area (Å²) in [5, 5.41) is -0.471. The minimum atomic E-state index is -2.19. The van der Waals surface area contributed by atoms with Crippen LogP contribution in [0.3, 0.4) is 0 Å². The summed E-state index contributed by atoms with van der Waals surface area (Å²) < 4.78 is 64.4. The molecule has 1 fully saturated rings. The zero-order valence-corrected chi connectivity index (χ0v) is 23.6. The molecule has 4 aromatic rings. The third-order valence-electron chi connectivity index (χ3n) is 7.23. The SMILES string of the molecule is CCCCN(P(c1c(F)cccc1F)c1c(F)cccc1F)P1[C@@H](c2ccccc2)CC[C@@H]1c1ccccc1. The number of unbranched alkanes of at least 4 members (excludes halogenated alkanes) is 1. The Hall–Kier alpha value is -2.58. The summed E-state index contributed by atoms with van der Waals surface area (Å²) in [4.78, 5) is 0. The Kier molecular flexibility index (Phi) is 9.13. The number of rotatable bonds is 9. The molecule has 1 saturated heterocycles. The Bertz CT molecular complexity index is 1250. The molecule has 5 rings (SSSR count). The first kappa shape index (κ1) is 28.0. The summed E-state index contributed by atoms with van der Waals surface area (Å²) in [6, 6.07) is 27.7. The third kappa shape index (κ3) is 5.82. The van der Waals surface area contributed by atoms with Gasteiger partial charge in [0.2, 0.25) is 0 Å². The zero-order chi connectivity index (χ0) is 27.4. The van der Waals surface area contributed by atoms with E-state index in [9.17, 15) is 0 Å². The van der Waals surface area contributed by atoms with Gasteiger partial charge in [0.25, 0.3) is 0 Å². The largest absolute Gasteiger partial charge is 0.251 e. The molecule has 0 N–H and O–H groups in total. The fourth-order valence-electron chi connectivity index (χ4n) is 5.45. The molecule has 2 atom stereocenters. The summed E-state index contributed by atoms with van der Waals surface area (Å²) >= 11 is 0. The number of nitrogens with zero attached hydrogens (tertiary/aromatic N) is 1. The second-order valence-electron chi connectivity index (χ2n) is 9.71. The molecular weight excluding hydrogens is 536 g/mol. The molecule has 202 valence electrons. The predicted molar refractivity (Wildman–Crippen MR) is 155 cm³/mol. The smallest absolute Gasteiger partial charge is 0.135 e. The Morgan fingerprint density at radius 3 is 1.44 bits per heavy atom. The van der Waals surface area contributed by atoms with E-state index in [2.05, 4.69) is 35.6 Å². The normalized spacial score (nSPS) is 17.8. The van der Waals surface area contributed by atoms with E-state index in [4.69, 9.17) is 0 Å². The lowest BCUT2D eigenvalue weighted by Gasteiger charge is -2.42. The highest BCUT2D eigenvalue weighted by Crippen LogP contribution is 2.76. The highest BCUT2D eigenvalue weighted by molar-refractivity contribution is 7.79. The van der Waals surface area contributed by atoms with Gasteiger partial charge >= 0.3 is 0 Å². The second kappa shape index (κ2) is 12.7. The lowest BCUT2D eigenvalue weighted by atomic mass is 10.0. The van der Waals surface area contributed by atoms with Crippen LogP contribution in [0.15, 0.2) is 97.1 Å². The maximum absolute atomic E-state index is 15.6. The lowest BCUT2D eigenvalue weighted by Crippen LogP contribution is -2.33. The molecular formula is C32H31F4NP2. The molecule has 4 aromatic carbocycles. The molecule has 7 heteroatoms. The fourth-order valence-corrected chi connectivity index (χ4v) is 12.9. The minimum Gasteiger partial charge on any atom is -0.251 e. The van der Waals surface area contributed by atoms with Crippen LogP contribution < -0.4 is 10.6 Å². The molecule has 0 aliphatic carbocycles. The lowest BCUT2D eigenvalue weighted by molar-refractivity contribution is 0.585. The molecule has 0 aromatic heterocycles. The van der Waals surface area contributed by atoms with Crippen molar-refractivity contribution >= 4 is 26.8 Å². The van der Waals surface area contributed by atoms with Gasteiger partial charge in [0.05, 0.1) is 10.6 Å². The molecule has 1 nitrogen and oxygen atoms in total. The van der Waals surface area contributed by atoms with Crippen molar-refractivity contribution in [3.8, 4) is 0 Å². The monoisotopic (exact) mass is 567 g/mol. The molecule has 0 saturated carbocycles. The van der Waals surface area contributed by atoms with Crippen LogP contribution in [-0.2, 0) is 0 Å². The zero-order valence-electron chi connectivity index (χ0n) is 21.8. The van der Waals surface area contributed by atoms with Gasteiger partial charge in [-0.15, -0.1) is 0 Å². The van der Waals surface area contributed by atoms with Crippen LogP contribution in [0.25, 0.3) is 0 Å². The van der Waals surface area contributed by atoms with E-state index < -0.39 is 39.4 Å². The van der Waals surface area contributed by atoms with Crippen LogP contribution in [-0.4, -0.2) is 11.0 Å². The van der Waals surface area contributed by atoms with E-state index in [0.29, 0.717) is 6.54 Å². The van der Waals surface area contributed by atoms with Gasteiger partial charge in [0.15, 0.2) is 0 Å². The van der Waals surface area contributed by atoms with Crippen LogP contribution in [0, 0.1) is 23.3 Å². The second-order valence-corrected chi connectivity index (χ2v) is 14.5. The topological polar surface area (TPSA) is 3.24 Å². The molecule has 0 bridgehead atoms. The van der Waals surface area contributed by atoms with Gasteiger partial charge in [-0.3, -0.25) is 4.44 Å². The molecule has 0 spiro atoms. The Balaban J connectivity index is 1.76. The first-order chi connectivity index (χ1) is 19.0. The quantitative estimate of drug-likeness (QED) is 0.144. The van der Waals surface area contributed by atoms with Gasteiger partial charge in [-0.1, -0.05) is 86.1 Å². The van der Waals surface area contributed by atoms with Crippen LogP contribution in [0.2, 0.25) is 0 Å². The van der Waals surface area contributed by atoms with Crippen molar-refractivity contribution in [2.45, 2.75) is 43.9 Å². The van der Waals surface area contributed by atoms with Crippen molar-refractivity contribution in [2.75, 3.05) is 6.54 Å². The highest BCUT2D eigenvalue weighted by atomic mass is 31.2. The number of hydrogen-bond donors (Lipinski definition) is 0. The van der Waals surface area contributed by atoms with Crippen molar-refractivity contribution < 1.29 is 17.6 Å². The number of benzene rings is 4. The number of halogens is 4. The van der Waals surface area contributed by atoms with Crippen LogP contribution >= 0.6 is 16.1 Å². The van der Waals surface area contributed by atoms with Gasteiger partial charge in [-0.05, 0) is 62.7 Å². The highest BCUT2D eigenvalue weighted by Gasteiger charge is 2.46. The van der Waals surface area contributed by atoms with E-state index in [0.717, 1.165) is 36.8 Å². The molecule has 0 amide bonds. The van der Waals surface area contributed by atoms with Crippen molar-refractivity contribution in [1.29, 1.82) is 0 Å². The third-order valence-corrected chi connectivity index (χ3v) is 13.9. The van der Waals surface area contributed by atoms with E-state index in [1.807, 2.05) is 36.4 Å². The van der Waals surface area contributed by atoms with Gasteiger partial charge in [0.1, 0.15) is 23.3 Å². The van der Waals surface area contributed by atoms with Crippen LogP contribution in [0.1, 0.15) is 55.1 Å². The molecule has 1 aliphatic rings. The van der Waals surface area contributed by atoms with Gasteiger partial charge in [-0.25, -0.2) is 17.6 Å². The number of hydrogen-bond acceptors (Lipinski definition) is 1. The van der Waals surface area contributed by atoms with Gasteiger partial charge in [-0.2, -0.15) is 0 Å².